The lowest BCUT2D eigenvalue weighted by molar-refractivity contribution is 0.0327. The van der Waals surface area contributed by atoms with Crippen LogP contribution in [0.5, 0.6) is 0 Å². The van der Waals surface area contributed by atoms with E-state index >= 15 is 0 Å². The van der Waals surface area contributed by atoms with Gasteiger partial charge in [-0.3, -0.25) is 0 Å². The number of piperidine rings is 1. The Hall–Kier alpha value is -1.04. The molecule has 2 atom stereocenters. The number of aryl methyl sites for hydroxylation is 1. The van der Waals surface area contributed by atoms with Crippen molar-refractivity contribution in [1.82, 2.24) is 4.98 Å². The van der Waals surface area contributed by atoms with Crippen molar-refractivity contribution in [2.24, 2.45) is 0 Å². The molecule has 4 rings (SSSR count). The minimum Gasteiger partial charge on any atom is -0.611 e. The number of thioether (sulfide) groups is 1. The summed E-state index contributed by atoms with van der Waals surface area (Å²) in [5.41, 5.74) is 4.51. The van der Waals surface area contributed by atoms with Gasteiger partial charge in [-0.2, -0.15) is 0 Å². The number of aromatic nitrogens is 1. The van der Waals surface area contributed by atoms with Gasteiger partial charge in [-0.05, 0) is 78.0 Å². The molecule has 34 heavy (non-hydrogen) atoms. The quantitative estimate of drug-likeness (QED) is 0.201. The third-order valence-electron chi connectivity index (χ3n) is 5.85. The van der Waals surface area contributed by atoms with Gasteiger partial charge in [-0.25, -0.2) is 4.98 Å². The van der Waals surface area contributed by atoms with Crippen molar-refractivity contribution in [2.75, 3.05) is 30.5 Å². The second kappa shape index (κ2) is 12.3. The van der Waals surface area contributed by atoms with Crippen molar-refractivity contribution in [3.05, 3.63) is 72.5 Å². The Labute approximate surface area is 227 Å². The molecule has 4 nitrogen and oxygen atoms in total. The van der Waals surface area contributed by atoms with Gasteiger partial charge in [0.25, 0.3) is 0 Å². The molecule has 0 N–H and O–H groups in total. The maximum atomic E-state index is 12.1. The highest BCUT2D eigenvalue weighted by atomic mass is 127. The lowest BCUT2D eigenvalue weighted by atomic mass is 10.0. The fourth-order valence-corrected chi connectivity index (χ4v) is 6.87. The predicted molar refractivity (Wildman–Crippen MR) is 157 cm³/mol. The van der Waals surface area contributed by atoms with Crippen LogP contribution < -0.4 is 4.90 Å². The van der Waals surface area contributed by atoms with E-state index in [4.69, 9.17) is 9.72 Å². The summed E-state index contributed by atoms with van der Waals surface area (Å²) in [5.74, 6) is 0. The molecular weight excluding hydrogens is 595 g/mol. The van der Waals surface area contributed by atoms with Crippen LogP contribution in [0, 0.1) is 10.5 Å². The molecular formula is C26H29IN2O2S3. The molecule has 2 heterocycles. The Morgan fingerprint density at radius 3 is 2.79 bits per heavy atom. The SMILES string of the molecule is CSC(=Cc1ccccc1N1CCCC(OCc2sc(-c3ccc(I)cc3)nc2C)C1)[S+](C)[O-]. The fourth-order valence-electron chi connectivity index (χ4n) is 4.05. The van der Waals surface area contributed by atoms with E-state index in [2.05, 4.69) is 83.0 Å². The fraction of sp³-hybridized carbons (Fsp3) is 0.346. The minimum absolute atomic E-state index is 0.175. The zero-order chi connectivity index (χ0) is 24.1. The normalized spacial score (nSPS) is 17.7. The summed E-state index contributed by atoms with van der Waals surface area (Å²) in [6.45, 7) is 4.53. The highest BCUT2D eigenvalue weighted by Crippen LogP contribution is 2.32. The molecule has 1 fully saturated rings. The number of hydrogen-bond donors (Lipinski definition) is 0. The number of nitrogens with zero attached hydrogens (tertiary/aromatic N) is 2. The van der Waals surface area contributed by atoms with Gasteiger partial charge in [0.05, 0.1) is 23.3 Å². The van der Waals surface area contributed by atoms with Crippen LogP contribution in [0.4, 0.5) is 5.69 Å². The van der Waals surface area contributed by atoms with Crippen LogP contribution >= 0.6 is 45.7 Å². The minimum atomic E-state index is -0.988. The van der Waals surface area contributed by atoms with Gasteiger partial charge in [0.1, 0.15) is 11.3 Å². The molecule has 0 bridgehead atoms. The number of anilines is 1. The van der Waals surface area contributed by atoms with Gasteiger partial charge in [0.15, 0.2) is 4.24 Å². The van der Waals surface area contributed by atoms with Gasteiger partial charge in [-0.15, -0.1) is 11.3 Å². The largest absolute Gasteiger partial charge is 0.611 e. The van der Waals surface area contributed by atoms with E-state index < -0.39 is 11.2 Å². The van der Waals surface area contributed by atoms with Gasteiger partial charge in [0.2, 0.25) is 0 Å². The molecule has 0 radical (unpaired) electrons. The van der Waals surface area contributed by atoms with Gasteiger partial charge < -0.3 is 14.2 Å². The molecule has 3 aromatic rings. The molecule has 8 heteroatoms. The highest BCUT2D eigenvalue weighted by molar-refractivity contribution is 14.1. The second-order valence-electron chi connectivity index (χ2n) is 8.24. The average molecular weight is 625 g/mol. The number of para-hydroxylation sites is 1. The first-order valence-electron chi connectivity index (χ1n) is 11.2. The molecule has 1 aliphatic heterocycles. The average Bonchev–Trinajstić information content (AvgIpc) is 3.22. The Balaban J connectivity index is 1.44. The molecule has 0 saturated carbocycles. The van der Waals surface area contributed by atoms with Crippen LogP contribution in [0.25, 0.3) is 16.6 Å². The summed E-state index contributed by atoms with van der Waals surface area (Å²) >= 11 is 4.61. The van der Waals surface area contributed by atoms with Crippen molar-refractivity contribution < 1.29 is 9.29 Å². The first kappa shape index (κ1) is 26.0. The molecule has 0 aliphatic carbocycles. The molecule has 1 saturated heterocycles. The topological polar surface area (TPSA) is 48.4 Å². The van der Waals surface area contributed by atoms with E-state index in [1.165, 1.54) is 14.1 Å². The van der Waals surface area contributed by atoms with Crippen LogP contribution in [0.1, 0.15) is 29.0 Å². The van der Waals surface area contributed by atoms with E-state index in [-0.39, 0.29) is 6.10 Å². The Kier molecular flexibility index (Phi) is 9.40. The number of hydrogen-bond acceptors (Lipinski definition) is 6. The van der Waals surface area contributed by atoms with Gasteiger partial charge >= 0.3 is 0 Å². The highest BCUT2D eigenvalue weighted by Gasteiger charge is 2.23. The number of halogens is 1. The molecule has 2 unspecified atom stereocenters. The van der Waals surface area contributed by atoms with E-state index in [1.807, 2.05) is 12.3 Å². The summed E-state index contributed by atoms with van der Waals surface area (Å²) in [6, 6.07) is 16.9. The van der Waals surface area contributed by atoms with Crippen LogP contribution in [0.3, 0.4) is 0 Å². The van der Waals surface area contributed by atoms with Crippen LogP contribution in [-0.2, 0) is 22.5 Å². The third-order valence-corrected chi connectivity index (χ3v) is 10.2. The first-order chi connectivity index (χ1) is 16.4. The third kappa shape index (κ3) is 6.59. The molecule has 1 aliphatic rings. The van der Waals surface area contributed by atoms with Crippen molar-refractivity contribution in [3.63, 3.8) is 0 Å². The molecule has 180 valence electrons. The van der Waals surface area contributed by atoms with Crippen molar-refractivity contribution in [2.45, 2.75) is 32.5 Å². The first-order valence-corrected chi connectivity index (χ1v) is 15.9. The van der Waals surface area contributed by atoms with E-state index in [9.17, 15) is 4.55 Å². The summed E-state index contributed by atoms with van der Waals surface area (Å²) < 4.78 is 20.6. The summed E-state index contributed by atoms with van der Waals surface area (Å²) in [7, 11) is 0. The van der Waals surface area contributed by atoms with Gasteiger partial charge in [0, 0.05) is 39.6 Å². The zero-order valence-corrected chi connectivity index (χ0v) is 24.2. The smallest absolute Gasteiger partial charge is 0.186 e. The van der Waals surface area contributed by atoms with E-state index in [0.29, 0.717) is 6.61 Å². The van der Waals surface area contributed by atoms with Crippen molar-refractivity contribution in [1.29, 1.82) is 0 Å². The standard InChI is InChI=1S/C26H29IN2O2S3/c1-18-24(33-26(28-18)19-10-12-21(27)13-11-19)17-31-22-8-6-14-29(16-22)23-9-5-4-7-20(23)15-25(32-2)34(3)30/h4-5,7,9-13,15,22H,6,8,14,16-17H2,1-3H3. The van der Waals surface area contributed by atoms with Crippen LogP contribution in [0.2, 0.25) is 0 Å². The van der Waals surface area contributed by atoms with Crippen LogP contribution in [-0.4, -0.2) is 41.2 Å². The molecule has 0 spiro atoms. The van der Waals surface area contributed by atoms with Gasteiger partial charge in [-0.1, -0.05) is 42.1 Å². The molecule has 2 aromatic carbocycles. The van der Waals surface area contributed by atoms with Crippen molar-refractivity contribution >= 4 is 68.6 Å². The molecule has 1 aromatic heterocycles. The number of ether oxygens (including phenoxy) is 1. The maximum Gasteiger partial charge on any atom is 0.186 e. The van der Waals surface area contributed by atoms with Crippen LogP contribution in [0.15, 0.2) is 52.8 Å². The predicted octanol–water partition coefficient (Wildman–Crippen LogP) is 6.95. The second-order valence-corrected chi connectivity index (χ2v) is 13.0. The molecule has 0 amide bonds. The van der Waals surface area contributed by atoms with E-state index in [1.54, 1.807) is 29.4 Å². The van der Waals surface area contributed by atoms with Crippen molar-refractivity contribution in [3.8, 4) is 10.6 Å². The summed E-state index contributed by atoms with van der Waals surface area (Å²) in [5, 5.41) is 1.05. The Bertz CT molecular complexity index is 1130. The Morgan fingerprint density at radius 1 is 1.29 bits per heavy atom. The lowest BCUT2D eigenvalue weighted by Crippen LogP contribution is -2.40. The number of rotatable bonds is 8. The summed E-state index contributed by atoms with van der Waals surface area (Å²) in [6.07, 6.45) is 8.11. The van der Waals surface area contributed by atoms with E-state index in [0.717, 1.165) is 52.0 Å². The monoisotopic (exact) mass is 624 g/mol. The summed E-state index contributed by atoms with van der Waals surface area (Å²) in [4.78, 5) is 8.40. The maximum absolute atomic E-state index is 12.1. The lowest BCUT2D eigenvalue weighted by Gasteiger charge is -2.35. The Morgan fingerprint density at radius 2 is 2.06 bits per heavy atom. The number of benzene rings is 2. The number of thiazole rings is 1. The zero-order valence-electron chi connectivity index (χ0n) is 19.6.